The second-order valence-electron chi connectivity index (χ2n) is 10.8. The molecule has 3 rings (SSSR count). The van der Waals surface area contributed by atoms with E-state index in [1.54, 1.807) is 0 Å². The molecular formula is C28H44O3. The van der Waals surface area contributed by atoms with Gasteiger partial charge in [-0.25, -0.2) is 0 Å². The van der Waals surface area contributed by atoms with Gasteiger partial charge in [0.15, 0.2) is 0 Å². The van der Waals surface area contributed by atoms with E-state index in [1.807, 2.05) is 6.08 Å². The van der Waals surface area contributed by atoms with Gasteiger partial charge < -0.3 is 15.3 Å². The van der Waals surface area contributed by atoms with Gasteiger partial charge in [-0.05, 0) is 78.8 Å². The van der Waals surface area contributed by atoms with E-state index in [-0.39, 0.29) is 6.10 Å². The van der Waals surface area contributed by atoms with Gasteiger partial charge in [-0.2, -0.15) is 0 Å². The number of rotatable bonds is 6. The van der Waals surface area contributed by atoms with E-state index in [0.717, 1.165) is 24.0 Å². The van der Waals surface area contributed by atoms with Gasteiger partial charge in [0.1, 0.15) is 0 Å². The van der Waals surface area contributed by atoms with Crippen LogP contribution in [0.1, 0.15) is 79.1 Å². The molecule has 31 heavy (non-hydrogen) atoms. The Morgan fingerprint density at radius 1 is 1.16 bits per heavy atom. The highest BCUT2D eigenvalue weighted by molar-refractivity contribution is 5.38. The number of aliphatic hydroxyl groups is 3. The number of fused-ring (bicyclic) bond motifs is 1. The number of hydrogen-bond acceptors (Lipinski definition) is 3. The van der Waals surface area contributed by atoms with Crippen molar-refractivity contribution in [2.75, 3.05) is 0 Å². The summed E-state index contributed by atoms with van der Waals surface area (Å²) in [6.07, 6.45) is 15.3. The van der Waals surface area contributed by atoms with Gasteiger partial charge in [0, 0.05) is 6.42 Å². The summed E-state index contributed by atoms with van der Waals surface area (Å²) in [7, 11) is 0. The summed E-state index contributed by atoms with van der Waals surface area (Å²) in [5.74, 6) is 2.02. The third kappa shape index (κ3) is 5.26. The molecule has 0 saturated heterocycles. The second-order valence-corrected chi connectivity index (χ2v) is 10.8. The third-order valence-electron chi connectivity index (χ3n) is 8.78. The first kappa shape index (κ1) is 24.5. The zero-order valence-corrected chi connectivity index (χ0v) is 20.1. The van der Waals surface area contributed by atoms with Crippen LogP contribution < -0.4 is 0 Å². The monoisotopic (exact) mass is 428 g/mol. The molecule has 0 amide bonds. The highest BCUT2D eigenvalue weighted by Crippen LogP contribution is 2.59. The van der Waals surface area contributed by atoms with Crippen LogP contribution in [-0.4, -0.2) is 33.6 Å². The average Bonchev–Trinajstić information content (AvgIpc) is 3.10. The highest BCUT2D eigenvalue weighted by Gasteiger charge is 2.50. The lowest BCUT2D eigenvalue weighted by molar-refractivity contribution is 0.0862. The standard InChI is InChI=1S/C28H44O3/c1-6-18(2)26(30)14-9-19(3)24-12-13-25-21(8-7-15-28(24,25)5)10-11-22-16-23(29)17-27(31)20(22)4/h9-11,14,18-19,23-27,29-31H,4,6-8,12-13,15-17H2,1-3,5H3/b14-9+,21-10+,22-11-/t18?,19-,23+,24?,25-,26?,27?,28?/m0/s1. The summed E-state index contributed by atoms with van der Waals surface area (Å²) in [6.45, 7) is 13.1. The Kier molecular flexibility index (Phi) is 8.05. The first-order valence-corrected chi connectivity index (χ1v) is 12.5. The number of allylic oxidation sites excluding steroid dienone is 4. The van der Waals surface area contributed by atoms with Gasteiger partial charge in [-0.15, -0.1) is 0 Å². The minimum Gasteiger partial charge on any atom is -0.393 e. The molecule has 0 spiro atoms. The molecule has 0 radical (unpaired) electrons. The van der Waals surface area contributed by atoms with Gasteiger partial charge in [0.2, 0.25) is 0 Å². The van der Waals surface area contributed by atoms with Crippen molar-refractivity contribution in [3.8, 4) is 0 Å². The normalized spacial score (nSPS) is 39.8. The van der Waals surface area contributed by atoms with Crippen LogP contribution in [0.4, 0.5) is 0 Å². The van der Waals surface area contributed by atoms with Crippen molar-refractivity contribution in [1.29, 1.82) is 0 Å². The predicted octanol–water partition coefficient (Wildman–Crippen LogP) is 5.73. The third-order valence-corrected chi connectivity index (χ3v) is 8.78. The van der Waals surface area contributed by atoms with Crippen LogP contribution in [0.5, 0.6) is 0 Å². The molecule has 3 saturated carbocycles. The molecule has 0 bridgehead atoms. The van der Waals surface area contributed by atoms with Crippen LogP contribution in [0.3, 0.4) is 0 Å². The Labute approximate surface area is 189 Å². The van der Waals surface area contributed by atoms with Crippen molar-refractivity contribution in [2.45, 2.75) is 97.4 Å². The Morgan fingerprint density at radius 3 is 2.61 bits per heavy atom. The van der Waals surface area contributed by atoms with Crippen LogP contribution in [0, 0.1) is 29.1 Å². The maximum atomic E-state index is 10.4. The quantitative estimate of drug-likeness (QED) is 0.474. The van der Waals surface area contributed by atoms with E-state index < -0.39 is 12.2 Å². The molecule has 0 heterocycles. The largest absolute Gasteiger partial charge is 0.393 e. The Bertz CT molecular complexity index is 733. The fraction of sp³-hybridized carbons (Fsp3) is 0.714. The van der Waals surface area contributed by atoms with E-state index in [1.165, 1.54) is 31.3 Å². The molecule has 3 fully saturated rings. The van der Waals surface area contributed by atoms with E-state index >= 15 is 0 Å². The van der Waals surface area contributed by atoms with E-state index in [0.29, 0.717) is 41.9 Å². The van der Waals surface area contributed by atoms with Gasteiger partial charge in [0.25, 0.3) is 0 Å². The molecule has 3 aliphatic carbocycles. The first-order chi connectivity index (χ1) is 14.7. The maximum Gasteiger partial charge on any atom is 0.0811 e. The van der Waals surface area contributed by atoms with Crippen LogP contribution >= 0.6 is 0 Å². The van der Waals surface area contributed by atoms with Crippen molar-refractivity contribution >= 4 is 0 Å². The SMILES string of the molecule is C=C1/C(=C\C=C2/CCCC3(C)C([C@@H](C)/C=C/C(O)C(C)CC)CC[C@@H]23)C[C@@H](O)CC1O. The average molecular weight is 429 g/mol. The zero-order valence-electron chi connectivity index (χ0n) is 20.1. The fourth-order valence-corrected chi connectivity index (χ4v) is 6.46. The molecule has 0 aromatic rings. The van der Waals surface area contributed by atoms with E-state index in [2.05, 4.69) is 52.5 Å². The molecule has 0 aromatic carbocycles. The Balaban J connectivity index is 1.75. The molecular weight excluding hydrogens is 384 g/mol. The minimum atomic E-state index is -0.626. The van der Waals surface area contributed by atoms with Gasteiger partial charge in [0.05, 0.1) is 18.3 Å². The molecule has 0 aromatic heterocycles. The Morgan fingerprint density at radius 2 is 1.90 bits per heavy atom. The molecule has 3 nitrogen and oxygen atoms in total. The van der Waals surface area contributed by atoms with Crippen LogP contribution in [0.2, 0.25) is 0 Å². The maximum absolute atomic E-state index is 10.4. The lowest BCUT2D eigenvalue weighted by Gasteiger charge is -2.44. The highest BCUT2D eigenvalue weighted by atomic mass is 16.3. The van der Waals surface area contributed by atoms with Crippen LogP contribution in [0.15, 0.2) is 47.6 Å². The molecule has 5 unspecified atom stereocenters. The molecule has 174 valence electrons. The molecule has 3 aliphatic rings. The topological polar surface area (TPSA) is 60.7 Å². The van der Waals surface area contributed by atoms with Gasteiger partial charge >= 0.3 is 0 Å². The molecule has 3 N–H and O–H groups in total. The lowest BCUT2D eigenvalue weighted by Crippen LogP contribution is -2.35. The first-order valence-electron chi connectivity index (χ1n) is 12.5. The summed E-state index contributed by atoms with van der Waals surface area (Å²) in [4.78, 5) is 0. The van der Waals surface area contributed by atoms with Crippen molar-refractivity contribution in [3.05, 3.63) is 47.6 Å². The van der Waals surface area contributed by atoms with Crippen molar-refractivity contribution < 1.29 is 15.3 Å². The number of hydrogen-bond donors (Lipinski definition) is 3. The fourth-order valence-electron chi connectivity index (χ4n) is 6.46. The summed E-state index contributed by atoms with van der Waals surface area (Å²) < 4.78 is 0. The van der Waals surface area contributed by atoms with E-state index in [4.69, 9.17) is 0 Å². The molecule has 0 aliphatic heterocycles. The molecule has 8 atom stereocenters. The second kappa shape index (κ2) is 10.2. The van der Waals surface area contributed by atoms with Crippen molar-refractivity contribution in [1.82, 2.24) is 0 Å². The predicted molar refractivity (Wildman–Crippen MR) is 128 cm³/mol. The van der Waals surface area contributed by atoms with E-state index in [9.17, 15) is 15.3 Å². The summed E-state index contributed by atoms with van der Waals surface area (Å²) >= 11 is 0. The summed E-state index contributed by atoms with van der Waals surface area (Å²) in [5.41, 5.74) is 3.59. The number of aliphatic hydroxyl groups excluding tert-OH is 3. The van der Waals surface area contributed by atoms with Gasteiger partial charge in [-0.1, -0.05) is 70.6 Å². The smallest absolute Gasteiger partial charge is 0.0811 e. The minimum absolute atomic E-state index is 0.302. The Hall–Kier alpha value is -1.16. The summed E-state index contributed by atoms with van der Waals surface area (Å²) in [5, 5.41) is 30.5. The zero-order chi connectivity index (χ0) is 22.8. The van der Waals surface area contributed by atoms with Crippen LogP contribution in [0.25, 0.3) is 0 Å². The van der Waals surface area contributed by atoms with Crippen molar-refractivity contribution in [2.24, 2.45) is 29.1 Å². The lowest BCUT2D eigenvalue weighted by atomic mass is 9.61. The van der Waals surface area contributed by atoms with Gasteiger partial charge in [-0.3, -0.25) is 0 Å². The summed E-state index contributed by atoms with van der Waals surface area (Å²) in [6, 6.07) is 0. The van der Waals surface area contributed by atoms with Crippen molar-refractivity contribution in [3.63, 3.8) is 0 Å². The molecule has 3 heteroatoms. The van der Waals surface area contributed by atoms with Crippen LogP contribution in [-0.2, 0) is 0 Å².